The van der Waals surface area contributed by atoms with Crippen molar-refractivity contribution < 1.29 is 19.0 Å². The lowest BCUT2D eigenvalue weighted by Crippen LogP contribution is -2.36. The van der Waals surface area contributed by atoms with Crippen molar-refractivity contribution in [3.05, 3.63) is 89.2 Å². The number of amides is 1. The Bertz CT molecular complexity index is 1040. The summed E-state index contributed by atoms with van der Waals surface area (Å²) in [6, 6.07) is 11.3. The van der Waals surface area contributed by atoms with Crippen molar-refractivity contribution in [1.29, 1.82) is 0 Å². The van der Waals surface area contributed by atoms with E-state index in [1.165, 1.54) is 5.56 Å². The predicted molar refractivity (Wildman–Crippen MR) is 116 cm³/mol. The van der Waals surface area contributed by atoms with E-state index in [2.05, 4.69) is 6.08 Å². The first-order chi connectivity index (χ1) is 14.7. The molecule has 1 heterocycles. The highest BCUT2D eigenvalue weighted by molar-refractivity contribution is 5.94. The van der Waals surface area contributed by atoms with E-state index in [1.54, 1.807) is 20.3 Å². The number of hydrogen-bond acceptors (Lipinski definition) is 4. The molecule has 0 aromatic heterocycles. The molecule has 1 amide bonds. The first kappa shape index (κ1) is 19.8. The van der Waals surface area contributed by atoms with Crippen LogP contribution in [0.4, 0.5) is 0 Å². The molecule has 5 nitrogen and oxygen atoms in total. The van der Waals surface area contributed by atoms with Crippen LogP contribution in [-0.4, -0.2) is 31.6 Å². The third kappa shape index (κ3) is 4.25. The minimum Gasteiger partial charge on any atom is -0.493 e. The van der Waals surface area contributed by atoms with E-state index in [1.807, 2.05) is 59.5 Å². The van der Waals surface area contributed by atoms with Crippen LogP contribution in [0.5, 0.6) is 17.2 Å². The summed E-state index contributed by atoms with van der Waals surface area (Å²) in [5.41, 5.74) is 2.89. The zero-order valence-corrected chi connectivity index (χ0v) is 17.3. The van der Waals surface area contributed by atoms with Crippen LogP contribution in [0.25, 0.3) is 0 Å². The molecule has 2 aromatic carbocycles. The lowest BCUT2D eigenvalue weighted by atomic mass is 9.98. The lowest BCUT2D eigenvalue weighted by Gasteiger charge is -2.29. The molecule has 4 rings (SSSR count). The van der Waals surface area contributed by atoms with Gasteiger partial charge < -0.3 is 19.1 Å². The highest BCUT2D eigenvalue weighted by Gasteiger charge is 2.24. The number of carbonyl (C=O) groups excluding carboxylic acids is 1. The number of ether oxygens (including phenoxy) is 3. The summed E-state index contributed by atoms with van der Waals surface area (Å²) in [6.07, 6.45) is 11.5. The number of carbonyl (C=O) groups is 1. The average Bonchev–Trinajstić information content (AvgIpc) is 3.06. The molecule has 5 heteroatoms. The Labute approximate surface area is 176 Å². The van der Waals surface area contributed by atoms with E-state index in [0.717, 1.165) is 29.9 Å². The van der Waals surface area contributed by atoms with Gasteiger partial charge in [-0.1, -0.05) is 24.3 Å². The van der Waals surface area contributed by atoms with Crippen molar-refractivity contribution >= 4 is 5.91 Å². The maximum atomic E-state index is 13.2. The molecule has 0 saturated heterocycles. The van der Waals surface area contributed by atoms with Crippen molar-refractivity contribution in [2.24, 2.45) is 0 Å². The van der Waals surface area contributed by atoms with E-state index in [9.17, 15) is 4.79 Å². The molecule has 2 aromatic rings. The fourth-order valence-electron chi connectivity index (χ4n) is 3.70. The summed E-state index contributed by atoms with van der Waals surface area (Å²) in [6.45, 7) is 1.20. The molecule has 2 aliphatic rings. The molecular weight excluding hydrogens is 378 g/mol. The van der Waals surface area contributed by atoms with Crippen LogP contribution in [0.3, 0.4) is 0 Å². The molecule has 1 aliphatic heterocycles. The fourth-order valence-corrected chi connectivity index (χ4v) is 3.70. The van der Waals surface area contributed by atoms with Gasteiger partial charge in [0.2, 0.25) is 0 Å². The molecule has 0 radical (unpaired) electrons. The Hall–Kier alpha value is -3.47. The molecule has 0 fully saturated rings. The smallest absolute Gasteiger partial charge is 0.254 e. The van der Waals surface area contributed by atoms with E-state index < -0.39 is 0 Å². The predicted octanol–water partition coefficient (Wildman–Crippen LogP) is 4.68. The Balaban J connectivity index is 1.51. The van der Waals surface area contributed by atoms with Crippen LogP contribution in [-0.2, 0) is 13.0 Å². The summed E-state index contributed by atoms with van der Waals surface area (Å²) in [5.74, 6) is 2.83. The van der Waals surface area contributed by atoms with Crippen LogP contribution in [0.15, 0.2) is 72.5 Å². The maximum Gasteiger partial charge on any atom is 0.254 e. The first-order valence-corrected chi connectivity index (χ1v) is 10.0. The molecule has 30 heavy (non-hydrogen) atoms. The van der Waals surface area contributed by atoms with E-state index in [-0.39, 0.29) is 5.91 Å². The van der Waals surface area contributed by atoms with Gasteiger partial charge in [-0.25, -0.2) is 0 Å². The summed E-state index contributed by atoms with van der Waals surface area (Å²) in [5, 5.41) is 0. The van der Waals surface area contributed by atoms with Crippen LogP contribution >= 0.6 is 0 Å². The Morgan fingerprint density at radius 2 is 1.80 bits per heavy atom. The zero-order chi connectivity index (χ0) is 20.9. The standard InChI is InChI=1S/C25H25NO4/c1-28-23-15-18-12-13-26(17-20(18)16-24(23)29-2)25(27)19-8-7-11-22(14-19)30-21-9-5-3-4-6-10-21/h3-5,7-11,14-16H,6,12-13,17H2,1-2H3. The molecular formula is C25H25NO4. The highest BCUT2D eigenvalue weighted by Crippen LogP contribution is 2.33. The van der Waals surface area contributed by atoms with E-state index in [4.69, 9.17) is 14.2 Å². The maximum absolute atomic E-state index is 13.2. The number of fused-ring (bicyclic) bond motifs is 1. The van der Waals surface area contributed by atoms with Crippen LogP contribution in [0.2, 0.25) is 0 Å². The van der Waals surface area contributed by atoms with Crippen molar-refractivity contribution in [1.82, 2.24) is 4.90 Å². The van der Waals surface area contributed by atoms with Gasteiger partial charge in [-0.3, -0.25) is 4.79 Å². The number of rotatable bonds is 5. The van der Waals surface area contributed by atoms with Gasteiger partial charge >= 0.3 is 0 Å². The summed E-state index contributed by atoms with van der Waals surface area (Å²) >= 11 is 0. The molecule has 0 saturated carbocycles. The lowest BCUT2D eigenvalue weighted by molar-refractivity contribution is 0.0734. The first-order valence-electron chi connectivity index (χ1n) is 10.0. The van der Waals surface area contributed by atoms with Gasteiger partial charge in [-0.15, -0.1) is 0 Å². The second-order valence-electron chi connectivity index (χ2n) is 7.21. The third-order valence-corrected chi connectivity index (χ3v) is 5.28. The Morgan fingerprint density at radius 1 is 1.00 bits per heavy atom. The topological polar surface area (TPSA) is 48.0 Å². The van der Waals surface area contributed by atoms with Crippen molar-refractivity contribution in [3.63, 3.8) is 0 Å². The molecule has 0 atom stereocenters. The molecule has 0 unspecified atom stereocenters. The molecule has 154 valence electrons. The number of benzene rings is 2. The van der Waals surface area contributed by atoms with Gasteiger partial charge in [0, 0.05) is 18.7 Å². The van der Waals surface area contributed by atoms with Crippen LogP contribution in [0, 0.1) is 0 Å². The van der Waals surface area contributed by atoms with E-state index >= 15 is 0 Å². The number of nitrogens with zero attached hydrogens (tertiary/aromatic N) is 1. The van der Waals surface area contributed by atoms with Crippen molar-refractivity contribution in [3.8, 4) is 17.2 Å². The van der Waals surface area contributed by atoms with Gasteiger partial charge in [0.15, 0.2) is 11.5 Å². The summed E-state index contributed by atoms with van der Waals surface area (Å²) in [7, 11) is 3.26. The second-order valence-corrected chi connectivity index (χ2v) is 7.21. The minimum absolute atomic E-state index is 0.00654. The zero-order valence-electron chi connectivity index (χ0n) is 17.3. The minimum atomic E-state index is -0.00654. The third-order valence-electron chi connectivity index (χ3n) is 5.28. The molecule has 0 spiro atoms. The SMILES string of the molecule is COc1cc2c(cc1OC)CN(C(=O)c1cccc(OC3=CCC=CC=C3)c1)CC2. The molecule has 1 aliphatic carbocycles. The van der Waals surface area contributed by atoms with Gasteiger partial charge in [0.1, 0.15) is 11.5 Å². The van der Waals surface area contributed by atoms with Crippen LogP contribution < -0.4 is 14.2 Å². The second kappa shape index (κ2) is 8.91. The largest absolute Gasteiger partial charge is 0.493 e. The fraction of sp³-hybridized carbons (Fsp3) is 0.240. The number of methoxy groups -OCH3 is 2. The van der Waals surface area contributed by atoms with Gasteiger partial charge in [0.25, 0.3) is 5.91 Å². The quantitative estimate of drug-likeness (QED) is 0.727. The normalized spacial score (nSPS) is 15.1. The highest BCUT2D eigenvalue weighted by atomic mass is 16.5. The van der Waals surface area contributed by atoms with Gasteiger partial charge in [0.05, 0.1) is 14.2 Å². The molecule has 0 bridgehead atoms. The average molecular weight is 403 g/mol. The van der Waals surface area contributed by atoms with Crippen LogP contribution in [0.1, 0.15) is 27.9 Å². The van der Waals surface area contributed by atoms with E-state index in [0.29, 0.717) is 30.2 Å². The van der Waals surface area contributed by atoms with Gasteiger partial charge in [-0.05, 0) is 66.5 Å². The van der Waals surface area contributed by atoms with Crippen molar-refractivity contribution in [2.75, 3.05) is 20.8 Å². The van der Waals surface area contributed by atoms with Gasteiger partial charge in [-0.2, -0.15) is 0 Å². The Kier molecular flexibility index (Phi) is 5.89. The monoisotopic (exact) mass is 403 g/mol. The summed E-state index contributed by atoms with van der Waals surface area (Å²) < 4.78 is 16.8. The Morgan fingerprint density at radius 3 is 2.60 bits per heavy atom. The summed E-state index contributed by atoms with van der Waals surface area (Å²) in [4.78, 5) is 15.0. The number of allylic oxidation sites excluding steroid dienone is 5. The number of hydrogen-bond donors (Lipinski definition) is 0. The molecule has 0 N–H and O–H groups in total. The van der Waals surface area contributed by atoms with Crippen molar-refractivity contribution in [2.45, 2.75) is 19.4 Å².